The Morgan fingerprint density at radius 1 is 1.03 bits per heavy atom. The largest absolute Gasteiger partial charge is 0.491 e. The van der Waals surface area contributed by atoms with Crippen LogP contribution in [0.25, 0.3) is 11.1 Å². The molecule has 0 bridgehead atoms. The maximum atomic E-state index is 14.4. The lowest BCUT2D eigenvalue weighted by Crippen LogP contribution is -2.21. The summed E-state index contributed by atoms with van der Waals surface area (Å²) in [6, 6.07) is 14.7. The molecule has 180 valence electrons. The van der Waals surface area contributed by atoms with Crippen molar-refractivity contribution >= 4 is 17.0 Å². The zero-order valence-corrected chi connectivity index (χ0v) is 19.8. The third kappa shape index (κ3) is 6.85. The summed E-state index contributed by atoms with van der Waals surface area (Å²) in [5, 5.41) is 9.01. The van der Waals surface area contributed by atoms with Crippen molar-refractivity contribution in [2.24, 2.45) is 0 Å². The van der Waals surface area contributed by atoms with Crippen molar-refractivity contribution < 1.29 is 32.4 Å². The molecular weight excluding hydrogens is 464 g/mol. The van der Waals surface area contributed by atoms with E-state index in [-0.39, 0.29) is 18.4 Å². The summed E-state index contributed by atoms with van der Waals surface area (Å²) in [6.45, 7) is 3.33. The summed E-state index contributed by atoms with van der Waals surface area (Å²) < 4.78 is 53.0. The lowest BCUT2D eigenvalue weighted by atomic mass is 10.0. The van der Waals surface area contributed by atoms with Crippen LogP contribution in [0.1, 0.15) is 19.4 Å². The monoisotopic (exact) mass is 489 g/mol. The van der Waals surface area contributed by atoms with E-state index < -0.39 is 35.2 Å². The fourth-order valence-electron chi connectivity index (χ4n) is 3.27. The molecule has 0 fully saturated rings. The highest BCUT2D eigenvalue weighted by molar-refractivity contribution is 7.82. The molecule has 0 aliphatic carbocycles. The summed E-state index contributed by atoms with van der Waals surface area (Å²) in [4.78, 5) is 11.5. The van der Waals surface area contributed by atoms with Crippen LogP contribution in [0.2, 0.25) is 0 Å². The number of ether oxygens (including phenoxy) is 2. The molecule has 1 atom stereocenters. The number of benzene rings is 3. The molecule has 1 unspecified atom stereocenters. The van der Waals surface area contributed by atoms with Gasteiger partial charge in [-0.2, -0.15) is 0 Å². The summed E-state index contributed by atoms with van der Waals surface area (Å²) in [6.07, 6.45) is -0.168. The second kappa shape index (κ2) is 11.2. The minimum Gasteiger partial charge on any atom is -0.491 e. The lowest BCUT2D eigenvalue weighted by Gasteiger charge is -2.18. The molecule has 3 aromatic rings. The first-order chi connectivity index (χ1) is 16.1. The van der Waals surface area contributed by atoms with Gasteiger partial charge in [0.25, 0.3) is 0 Å². The van der Waals surface area contributed by atoms with Crippen LogP contribution in [0, 0.1) is 11.6 Å². The maximum Gasteiger partial charge on any atom is 0.341 e. The first-order valence-electron chi connectivity index (χ1n) is 10.5. The molecule has 3 rings (SSSR count). The lowest BCUT2D eigenvalue weighted by molar-refractivity contribution is -0.139. The number of rotatable bonds is 10. The Bertz CT molecular complexity index is 1180. The summed E-state index contributed by atoms with van der Waals surface area (Å²) in [7, 11) is 0.118. The fraction of sp³-hybridized carbons (Fsp3) is 0.240. The van der Waals surface area contributed by atoms with Crippen LogP contribution in [0.4, 0.5) is 8.78 Å². The Morgan fingerprint density at radius 2 is 1.74 bits per heavy atom. The molecule has 0 aliphatic rings. The summed E-state index contributed by atoms with van der Waals surface area (Å²) in [5.41, 5.74) is 1.64. The maximum absolute atomic E-state index is 14.4. The van der Waals surface area contributed by atoms with Gasteiger partial charge in [-0.25, -0.2) is 22.1 Å². The molecule has 34 heavy (non-hydrogen) atoms. The van der Waals surface area contributed by atoms with Crippen molar-refractivity contribution in [1.82, 2.24) is 4.31 Å². The third-order valence-corrected chi connectivity index (χ3v) is 6.02. The summed E-state index contributed by atoms with van der Waals surface area (Å²) in [5.74, 6) is -1.49. The van der Waals surface area contributed by atoms with Gasteiger partial charge in [0.2, 0.25) is 0 Å². The number of hydrogen-bond acceptors (Lipinski definition) is 4. The van der Waals surface area contributed by atoms with Gasteiger partial charge in [-0.1, -0.05) is 6.07 Å². The highest BCUT2D eigenvalue weighted by atomic mass is 32.2. The van der Waals surface area contributed by atoms with Gasteiger partial charge in [0, 0.05) is 25.2 Å². The standard InChI is InChI=1S/C25H25F2NO5S/c1-16(2)33-21-12-18(11-20(27)13-21)23-10-17(4-9-24(23)32-15-25(29)30)14-28(3)34(31)22-7-5-19(26)6-8-22/h4-13,16H,14-15H2,1-3H3,(H,29,30). The molecule has 0 saturated heterocycles. The second-order valence-electron chi connectivity index (χ2n) is 7.84. The molecule has 0 amide bonds. The molecule has 6 nitrogen and oxygen atoms in total. The number of aliphatic carboxylic acids is 1. The van der Waals surface area contributed by atoms with E-state index in [2.05, 4.69) is 0 Å². The quantitative estimate of drug-likeness (QED) is 0.432. The minimum absolute atomic E-state index is 0.168. The van der Waals surface area contributed by atoms with Crippen LogP contribution >= 0.6 is 0 Å². The van der Waals surface area contributed by atoms with Crippen molar-refractivity contribution in [2.75, 3.05) is 13.7 Å². The normalized spacial score (nSPS) is 12.1. The molecule has 0 saturated carbocycles. The first-order valence-corrected chi connectivity index (χ1v) is 11.6. The highest BCUT2D eigenvalue weighted by Crippen LogP contribution is 2.34. The smallest absolute Gasteiger partial charge is 0.341 e. The molecule has 0 heterocycles. The molecule has 0 aromatic heterocycles. The van der Waals surface area contributed by atoms with Gasteiger partial charge in [0.15, 0.2) is 6.61 Å². The van der Waals surface area contributed by atoms with Gasteiger partial charge in [-0.3, -0.25) is 0 Å². The Kier molecular flexibility index (Phi) is 8.36. The van der Waals surface area contributed by atoms with Crippen LogP contribution in [0.5, 0.6) is 11.5 Å². The van der Waals surface area contributed by atoms with Crippen molar-refractivity contribution in [3.8, 4) is 22.6 Å². The van der Waals surface area contributed by atoms with Crippen LogP contribution in [0.15, 0.2) is 65.6 Å². The minimum atomic E-state index is -1.54. The van der Waals surface area contributed by atoms with E-state index in [1.165, 1.54) is 36.4 Å². The molecule has 9 heteroatoms. The topological polar surface area (TPSA) is 76.1 Å². The van der Waals surface area contributed by atoms with E-state index >= 15 is 0 Å². The van der Waals surface area contributed by atoms with E-state index in [1.54, 1.807) is 35.6 Å². The molecule has 1 N–H and O–H groups in total. The number of carboxylic acids is 1. The zero-order chi connectivity index (χ0) is 24.8. The Morgan fingerprint density at radius 3 is 2.38 bits per heavy atom. The number of halogens is 2. The fourth-order valence-corrected chi connectivity index (χ4v) is 4.27. The van der Waals surface area contributed by atoms with E-state index in [0.29, 0.717) is 21.8 Å². The first kappa shape index (κ1) is 25.3. The van der Waals surface area contributed by atoms with Gasteiger partial charge in [0.05, 0.1) is 11.0 Å². The second-order valence-corrected chi connectivity index (χ2v) is 9.44. The molecule has 0 aliphatic heterocycles. The van der Waals surface area contributed by atoms with Gasteiger partial charge in [-0.15, -0.1) is 0 Å². The molecule has 0 spiro atoms. The van der Waals surface area contributed by atoms with Crippen LogP contribution < -0.4 is 9.47 Å². The SMILES string of the molecule is CC(C)Oc1cc(F)cc(-c2cc(CN(C)S(=O)c3ccc(F)cc3)ccc2OCC(=O)O)c1. The molecule has 3 aromatic carbocycles. The van der Waals surface area contributed by atoms with Gasteiger partial charge < -0.3 is 14.6 Å². The van der Waals surface area contributed by atoms with Crippen molar-refractivity contribution in [3.05, 3.63) is 77.9 Å². The van der Waals surface area contributed by atoms with E-state index in [1.807, 2.05) is 13.8 Å². The Labute approximate surface area is 199 Å². The van der Waals surface area contributed by atoms with Gasteiger partial charge >= 0.3 is 5.97 Å². The average molecular weight is 490 g/mol. The summed E-state index contributed by atoms with van der Waals surface area (Å²) >= 11 is 0. The van der Waals surface area contributed by atoms with Crippen molar-refractivity contribution in [2.45, 2.75) is 31.4 Å². The van der Waals surface area contributed by atoms with Crippen molar-refractivity contribution in [1.29, 1.82) is 0 Å². The Balaban J connectivity index is 1.94. The zero-order valence-electron chi connectivity index (χ0n) is 19.0. The molecule has 0 radical (unpaired) electrons. The van der Waals surface area contributed by atoms with Crippen LogP contribution in [-0.2, 0) is 22.3 Å². The van der Waals surface area contributed by atoms with Crippen LogP contribution in [-0.4, -0.2) is 39.3 Å². The van der Waals surface area contributed by atoms with E-state index in [9.17, 15) is 17.8 Å². The van der Waals surface area contributed by atoms with Crippen molar-refractivity contribution in [3.63, 3.8) is 0 Å². The number of carboxylic acid groups (broad SMARTS) is 1. The van der Waals surface area contributed by atoms with Crippen LogP contribution in [0.3, 0.4) is 0 Å². The number of nitrogens with zero attached hydrogens (tertiary/aromatic N) is 1. The highest BCUT2D eigenvalue weighted by Gasteiger charge is 2.16. The van der Waals surface area contributed by atoms with Gasteiger partial charge in [-0.05, 0) is 73.5 Å². The van der Waals surface area contributed by atoms with E-state index in [0.717, 1.165) is 5.56 Å². The molecular formula is C25H25F2NO5S. The number of hydrogen-bond donors (Lipinski definition) is 1. The van der Waals surface area contributed by atoms with Gasteiger partial charge in [0.1, 0.15) is 34.1 Å². The Hall–Kier alpha value is -3.30. The third-order valence-electron chi connectivity index (χ3n) is 4.65. The number of carbonyl (C=O) groups is 1. The average Bonchev–Trinajstić information content (AvgIpc) is 2.77. The predicted octanol–water partition coefficient (Wildman–Crippen LogP) is 5.04. The van der Waals surface area contributed by atoms with E-state index in [4.69, 9.17) is 14.6 Å². The predicted molar refractivity (Wildman–Crippen MR) is 125 cm³/mol.